The summed E-state index contributed by atoms with van der Waals surface area (Å²) in [7, 11) is 0. The SMILES string of the molecule is Nc1nc(CSc2nnc(NCc3ccc(F)cc3)s2)nc2ccccc12. The number of hydrogen-bond acceptors (Lipinski definition) is 8. The Balaban J connectivity index is 1.37. The van der Waals surface area contributed by atoms with Gasteiger partial charge in [0.15, 0.2) is 4.34 Å². The Bertz CT molecular complexity index is 1070. The molecule has 0 saturated heterocycles. The standard InChI is InChI=1S/C18H15FN6S2/c19-12-7-5-11(6-8-12)9-21-17-24-25-18(27-17)26-10-15-22-14-4-2-1-3-13(14)16(20)23-15/h1-8H,9-10H2,(H,21,24)(H2,20,22,23). The number of rotatable bonds is 6. The van der Waals surface area contributed by atoms with E-state index in [1.54, 1.807) is 12.1 Å². The molecule has 0 aliphatic rings. The van der Waals surface area contributed by atoms with Gasteiger partial charge < -0.3 is 11.1 Å². The largest absolute Gasteiger partial charge is 0.383 e. The normalized spacial score (nSPS) is 11.0. The monoisotopic (exact) mass is 398 g/mol. The van der Waals surface area contributed by atoms with Gasteiger partial charge in [-0.15, -0.1) is 10.2 Å². The number of anilines is 2. The summed E-state index contributed by atoms with van der Waals surface area (Å²) >= 11 is 2.96. The van der Waals surface area contributed by atoms with Crippen LogP contribution in [-0.4, -0.2) is 20.2 Å². The molecule has 27 heavy (non-hydrogen) atoms. The molecule has 0 fully saturated rings. The van der Waals surface area contributed by atoms with Crippen LogP contribution in [0.2, 0.25) is 0 Å². The van der Waals surface area contributed by atoms with Crippen LogP contribution >= 0.6 is 23.1 Å². The van der Waals surface area contributed by atoms with Crippen molar-refractivity contribution in [3.8, 4) is 0 Å². The molecule has 3 N–H and O–H groups in total. The van der Waals surface area contributed by atoms with Gasteiger partial charge in [0.05, 0.1) is 11.3 Å². The Kier molecular flexibility index (Phi) is 5.12. The number of para-hydroxylation sites is 1. The van der Waals surface area contributed by atoms with Gasteiger partial charge in [0.2, 0.25) is 5.13 Å². The molecule has 2 heterocycles. The first-order valence-electron chi connectivity index (χ1n) is 8.13. The average molecular weight is 398 g/mol. The van der Waals surface area contributed by atoms with Gasteiger partial charge in [-0.05, 0) is 29.8 Å². The highest BCUT2D eigenvalue weighted by Crippen LogP contribution is 2.28. The quantitative estimate of drug-likeness (QED) is 0.473. The molecule has 2 aromatic carbocycles. The zero-order valence-electron chi connectivity index (χ0n) is 14.1. The summed E-state index contributed by atoms with van der Waals surface area (Å²) in [6, 6.07) is 14.0. The Morgan fingerprint density at radius 3 is 2.70 bits per heavy atom. The van der Waals surface area contributed by atoms with Gasteiger partial charge in [-0.3, -0.25) is 0 Å². The highest BCUT2D eigenvalue weighted by atomic mass is 32.2. The Morgan fingerprint density at radius 1 is 1.04 bits per heavy atom. The van der Waals surface area contributed by atoms with E-state index in [-0.39, 0.29) is 5.82 Å². The number of nitrogens with zero attached hydrogens (tertiary/aromatic N) is 4. The molecule has 0 aliphatic carbocycles. The van der Waals surface area contributed by atoms with Crippen LogP contribution in [0.15, 0.2) is 52.9 Å². The third-order valence-corrected chi connectivity index (χ3v) is 5.78. The third kappa shape index (κ3) is 4.32. The summed E-state index contributed by atoms with van der Waals surface area (Å²) in [5.41, 5.74) is 7.82. The van der Waals surface area contributed by atoms with Crippen LogP contribution in [0.1, 0.15) is 11.4 Å². The Morgan fingerprint density at radius 2 is 1.85 bits per heavy atom. The number of hydrogen-bond donors (Lipinski definition) is 2. The van der Waals surface area contributed by atoms with Crippen LogP contribution in [0.4, 0.5) is 15.3 Å². The maximum Gasteiger partial charge on any atom is 0.206 e. The van der Waals surface area contributed by atoms with Gasteiger partial charge in [-0.1, -0.05) is 47.4 Å². The number of nitrogens with one attached hydrogen (secondary N) is 1. The molecule has 0 radical (unpaired) electrons. The molecule has 0 atom stereocenters. The van der Waals surface area contributed by atoms with E-state index in [4.69, 9.17) is 5.73 Å². The van der Waals surface area contributed by atoms with Crippen LogP contribution in [0.25, 0.3) is 10.9 Å². The number of halogens is 1. The van der Waals surface area contributed by atoms with E-state index in [1.165, 1.54) is 35.2 Å². The van der Waals surface area contributed by atoms with Crippen molar-refractivity contribution in [2.45, 2.75) is 16.6 Å². The molecule has 136 valence electrons. The number of nitrogen functional groups attached to an aromatic ring is 1. The van der Waals surface area contributed by atoms with Gasteiger partial charge in [-0.25, -0.2) is 14.4 Å². The first-order chi connectivity index (χ1) is 13.2. The third-order valence-electron chi connectivity index (χ3n) is 3.77. The van der Waals surface area contributed by atoms with Crippen LogP contribution in [0, 0.1) is 5.82 Å². The molecule has 6 nitrogen and oxygen atoms in total. The van der Waals surface area contributed by atoms with E-state index in [0.717, 1.165) is 20.8 Å². The van der Waals surface area contributed by atoms with E-state index < -0.39 is 0 Å². The number of thioether (sulfide) groups is 1. The lowest BCUT2D eigenvalue weighted by atomic mass is 10.2. The second kappa shape index (κ2) is 7.85. The minimum atomic E-state index is -0.245. The maximum atomic E-state index is 12.9. The molecule has 0 saturated carbocycles. The molecule has 0 amide bonds. The first kappa shape index (κ1) is 17.6. The van der Waals surface area contributed by atoms with Crippen molar-refractivity contribution >= 4 is 45.0 Å². The van der Waals surface area contributed by atoms with Gasteiger partial charge in [0.1, 0.15) is 17.5 Å². The zero-order valence-corrected chi connectivity index (χ0v) is 15.7. The van der Waals surface area contributed by atoms with Crippen molar-refractivity contribution in [1.82, 2.24) is 20.2 Å². The molecular formula is C18H15FN6S2. The number of fused-ring (bicyclic) bond motifs is 1. The van der Waals surface area contributed by atoms with E-state index in [9.17, 15) is 4.39 Å². The number of aromatic nitrogens is 4. The van der Waals surface area contributed by atoms with Gasteiger partial charge in [0.25, 0.3) is 0 Å². The van der Waals surface area contributed by atoms with E-state index in [0.29, 0.717) is 29.1 Å². The van der Waals surface area contributed by atoms with Gasteiger partial charge in [-0.2, -0.15) is 0 Å². The predicted octanol–water partition coefficient (Wildman–Crippen LogP) is 4.11. The van der Waals surface area contributed by atoms with E-state index in [2.05, 4.69) is 25.5 Å². The number of nitrogens with two attached hydrogens (primary N) is 1. The minimum absolute atomic E-state index is 0.245. The molecule has 4 aromatic rings. The Labute approximate surface area is 163 Å². The van der Waals surface area contributed by atoms with Crippen LogP contribution in [-0.2, 0) is 12.3 Å². The molecular weight excluding hydrogens is 383 g/mol. The van der Waals surface area contributed by atoms with Gasteiger partial charge in [0, 0.05) is 11.9 Å². The highest BCUT2D eigenvalue weighted by Gasteiger charge is 2.09. The lowest BCUT2D eigenvalue weighted by Gasteiger charge is -2.04. The van der Waals surface area contributed by atoms with Crippen LogP contribution < -0.4 is 11.1 Å². The average Bonchev–Trinajstić information content (AvgIpc) is 3.14. The summed E-state index contributed by atoms with van der Waals surface area (Å²) in [4.78, 5) is 8.90. The smallest absolute Gasteiger partial charge is 0.206 e. The van der Waals surface area contributed by atoms with Crippen molar-refractivity contribution in [3.63, 3.8) is 0 Å². The lowest BCUT2D eigenvalue weighted by Crippen LogP contribution is -1.99. The molecule has 9 heteroatoms. The van der Waals surface area contributed by atoms with Crippen LogP contribution in [0.5, 0.6) is 0 Å². The fourth-order valence-electron chi connectivity index (χ4n) is 2.46. The number of benzene rings is 2. The molecule has 0 bridgehead atoms. The topological polar surface area (TPSA) is 89.6 Å². The zero-order chi connectivity index (χ0) is 18.6. The summed E-state index contributed by atoms with van der Waals surface area (Å²) in [5, 5.41) is 13.0. The summed E-state index contributed by atoms with van der Waals surface area (Å²) < 4.78 is 13.7. The van der Waals surface area contributed by atoms with E-state index >= 15 is 0 Å². The maximum absolute atomic E-state index is 12.9. The molecule has 0 aliphatic heterocycles. The molecule has 4 rings (SSSR count). The summed E-state index contributed by atoms with van der Waals surface area (Å²) in [5.74, 6) is 1.45. The van der Waals surface area contributed by atoms with Crippen molar-refractivity contribution in [2.24, 2.45) is 0 Å². The highest BCUT2D eigenvalue weighted by molar-refractivity contribution is 8.00. The molecule has 0 spiro atoms. The first-order valence-corrected chi connectivity index (χ1v) is 9.93. The summed E-state index contributed by atoms with van der Waals surface area (Å²) in [6.07, 6.45) is 0. The summed E-state index contributed by atoms with van der Waals surface area (Å²) in [6.45, 7) is 0.559. The van der Waals surface area contributed by atoms with Crippen molar-refractivity contribution < 1.29 is 4.39 Å². The van der Waals surface area contributed by atoms with Crippen molar-refractivity contribution in [2.75, 3.05) is 11.1 Å². The fraction of sp³-hybridized carbons (Fsp3) is 0.111. The van der Waals surface area contributed by atoms with Gasteiger partial charge >= 0.3 is 0 Å². The fourth-order valence-corrected chi connectivity index (χ4v) is 4.06. The second-order valence-electron chi connectivity index (χ2n) is 5.68. The van der Waals surface area contributed by atoms with E-state index in [1.807, 2.05) is 24.3 Å². The minimum Gasteiger partial charge on any atom is -0.383 e. The van der Waals surface area contributed by atoms with Crippen molar-refractivity contribution in [3.05, 3.63) is 65.7 Å². The molecule has 0 unspecified atom stereocenters. The lowest BCUT2D eigenvalue weighted by molar-refractivity contribution is 0.627. The predicted molar refractivity (Wildman–Crippen MR) is 107 cm³/mol. The Hall–Kier alpha value is -2.78. The van der Waals surface area contributed by atoms with Crippen molar-refractivity contribution in [1.29, 1.82) is 0 Å². The van der Waals surface area contributed by atoms with Crippen LogP contribution in [0.3, 0.4) is 0 Å². The molecule has 2 aromatic heterocycles. The second-order valence-corrected chi connectivity index (χ2v) is 7.88.